The topological polar surface area (TPSA) is 26.0 Å². The van der Waals surface area contributed by atoms with E-state index in [1.807, 2.05) is 0 Å². The zero-order chi connectivity index (χ0) is 15.8. The number of hydrogen-bond acceptors (Lipinski definition) is 1. The number of halogens is 6. The van der Waals surface area contributed by atoms with Crippen LogP contribution in [0.1, 0.15) is 22.7 Å². The van der Waals surface area contributed by atoms with Crippen molar-refractivity contribution in [1.29, 1.82) is 0 Å². The predicted octanol–water partition coefficient (Wildman–Crippen LogP) is 4.69. The molecule has 1 nitrogen and oxygen atoms in total. The summed E-state index contributed by atoms with van der Waals surface area (Å²) in [7, 11) is 0. The zero-order valence-corrected chi connectivity index (χ0v) is 11.1. The van der Waals surface area contributed by atoms with Crippen LogP contribution in [0.5, 0.6) is 0 Å². The van der Waals surface area contributed by atoms with Gasteiger partial charge in [-0.3, -0.25) is 0 Å². The zero-order valence-electron chi connectivity index (χ0n) is 10.4. The number of alkyl halides is 3. The Bertz CT molecular complexity index is 669. The van der Waals surface area contributed by atoms with Crippen molar-refractivity contribution in [2.24, 2.45) is 5.73 Å². The van der Waals surface area contributed by atoms with Crippen LogP contribution in [0.4, 0.5) is 22.0 Å². The van der Waals surface area contributed by atoms with Gasteiger partial charge in [-0.25, -0.2) is 8.78 Å². The van der Waals surface area contributed by atoms with Gasteiger partial charge in [-0.1, -0.05) is 29.8 Å². The van der Waals surface area contributed by atoms with Gasteiger partial charge in [0, 0.05) is 16.1 Å². The molecule has 0 amide bonds. The van der Waals surface area contributed by atoms with Crippen molar-refractivity contribution in [2.75, 3.05) is 0 Å². The fourth-order valence-electron chi connectivity index (χ4n) is 1.93. The number of hydrogen-bond donors (Lipinski definition) is 1. The fraction of sp³-hybridized carbons (Fsp3) is 0.143. The third-order valence-electron chi connectivity index (χ3n) is 2.97. The van der Waals surface area contributed by atoms with Crippen molar-refractivity contribution in [3.63, 3.8) is 0 Å². The minimum absolute atomic E-state index is 0.105. The first-order valence-corrected chi connectivity index (χ1v) is 6.15. The SMILES string of the molecule is NC(c1ccc(Cl)cc1F)c1cccc(C(F)(F)F)c1F. The summed E-state index contributed by atoms with van der Waals surface area (Å²) in [4.78, 5) is 0. The van der Waals surface area contributed by atoms with Crippen LogP contribution in [0, 0.1) is 11.6 Å². The van der Waals surface area contributed by atoms with Gasteiger partial charge < -0.3 is 5.73 Å². The molecule has 0 heterocycles. The summed E-state index contributed by atoms with van der Waals surface area (Å²) in [5.41, 5.74) is 3.67. The molecule has 21 heavy (non-hydrogen) atoms. The molecule has 1 unspecified atom stereocenters. The van der Waals surface area contributed by atoms with E-state index in [2.05, 4.69) is 0 Å². The van der Waals surface area contributed by atoms with Crippen molar-refractivity contribution in [1.82, 2.24) is 0 Å². The average molecular weight is 322 g/mol. The lowest BCUT2D eigenvalue weighted by Gasteiger charge is -2.17. The van der Waals surface area contributed by atoms with Gasteiger partial charge in [0.25, 0.3) is 0 Å². The predicted molar refractivity (Wildman–Crippen MR) is 68.8 cm³/mol. The first kappa shape index (κ1) is 15.7. The number of benzene rings is 2. The maximum absolute atomic E-state index is 14.0. The highest BCUT2D eigenvalue weighted by molar-refractivity contribution is 6.30. The molecule has 7 heteroatoms. The van der Waals surface area contributed by atoms with Crippen LogP contribution in [0.25, 0.3) is 0 Å². The molecule has 2 aromatic rings. The third kappa shape index (κ3) is 3.16. The third-order valence-corrected chi connectivity index (χ3v) is 3.20. The first-order valence-electron chi connectivity index (χ1n) is 5.78. The Balaban J connectivity index is 2.51. The van der Waals surface area contributed by atoms with Crippen molar-refractivity contribution in [3.05, 3.63) is 69.7 Å². The molecular weight excluding hydrogens is 313 g/mol. The van der Waals surface area contributed by atoms with Crippen molar-refractivity contribution >= 4 is 11.6 Å². The van der Waals surface area contributed by atoms with Crippen LogP contribution in [-0.4, -0.2) is 0 Å². The van der Waals surface area contributed by atoms with E-state index in [1.54, 1.807) is 0 Å². The Labute approximate surface area is 122 Å². The smallest absolute Gasteiger partial charge is 0.320 e. The van der Waals surface area contributed by atoms with Crippen LogP contribution in [-0.2, 0) is 6.18 Å². The highest BCUT2D eigenvalue weighted by Crippen LogP contribution is 2.35. The molecule has 1 atom stereocenters. The molecule has 0 aliphatic rings. The van der Waals surface area contributed by atoms with E-state index >= 15 is 0 Å². The normalized spacial score (nSPS) is 13.3. The molecule has 2 rings (SSSR count). The van der Waals surface area contributed by atoms with Gasteiger partial charge in [0.2, 0.25) is 0 Å². The van der Waals surface area contributed by atoms with Crippen LogP contribution < -0.4 is 5.73 Å². The summed E-state index contributed by atoms with van der Waals surface area (Å²) in [6, 6.07) is 4.84. The number of nitrogens with two attached hydrogens (primary N) is 1. The van der Waals surface area contributed by atoms with E-state index in [4.69, 9.17) is 17.3 Å². The quantitative estimate of drug-likeness (QED) is 0.798. The lowest BCUT2D eigenvalue weighted by molar-refractivity contribution is -0.140. The molecule has 0 aromatic heterocycles. The lowest BCUT2D eigenvalue weighted by Crippen LogP contribution is -2.18. The first-order chi connectivity index (χ1) is 9.71. The Hall–Kier alpha value is -1.66. The van der Waals surface area contributed by atoms with Crippen molar-refractivity contribution in [2.45, 2.75) is 12.2 Å². The molecule has 0 saturated carbocycles. The fourth-order valence-corrected chi connectivity index (χ4v) is 2.09. The molecular formula is C14H9ClF5N. The Morgan fingerprint density at radius 1 is 1.00 bits per heavy atom. The van der Waals surface area contributed by atoms with Gasteiger partial charge in [0.1, 0.15) is 11.6 Å². The summed E-state index contributed by atoms with van der Waals surface area (Å²) >= 11 is 5.58. The minimum Gasteiger partial charge on any atom is -0.320 e. The molecule has 0 spiro atoms. The monoisotopic (exact) mass is 321 g/mol. The molecule has 0 fully saturated rings. The summed E-state index contributed by atoms with van der Waals surface area (Å²) in [5, 5.41) is 0.105. The van der Waals surface area contributed by atoms with E-state index < -0.39 is 35.0 Å². The summed E-state index contributed by atoms with van der Waals surface area (Å²) in [5.74, 6) is -2.32. The van der Waals surface area contributed by atoms with Crippen molar-refractivity contribution in [3.8, 4) is 0 Å². The second-order valence-corrected chi connectivity index (χ2v) is 4.79. The summed E-state index contributed by atoms with van der Waals surface area (Å²) in [6.07, 6.45) is -4.85. The van der Waals surface area contributed by atoms with E-state index in [-0.39, 0.29) is 10.6 Å². The van der Waals surface area contributed by atoms with Crippen LogP contribution in [0.15, 0.2) is 36.4 Å². The summed E-state index contributed by atoms with van der Waals surface area (Å²) in [6.45, 7) is 0. The highest BCUT2D eigenvalue weighted by atomic mass is 35.5. The second-order valence-electron chi connectivity index (χ2n) is 4.35. The minimum atomic E-state index is -4.85. The maximum Gasteiger partial charge on any atom is 0.419 e. The van der Waals surface area contributed by atoms with Crippen LogP contribution in [0.2, 0.25) is 5.02 Å². The van der Waals surface area contributed by atoms with Gasteiger partial charge >= 0.3 is 6.18 Å². The van der Waals surface area contributed by atoms with Gasteiger partial charge in [-0.15, -0.1) is 0 Å². The van der Waals surface area contributed by atoms with Gasteiger partial charge in [-0.05, 0) is 18.2 Å². The molecule has 112 valence electrons. The molecule has 2 N–H and O–H groups in total. The average Bonchev–Trinajstić information content (AvgIpc) is 2.37. The van der Waals surface area contributed by atoms with Crippen LogP contribution >= 0.6 is 11.6 Å². The molecule has 2 aromatic carbocycles. The van der Waals surface area contributed by atoms with Gasteiger partial charge in [0.05, 0.1) is 11.6 Å². The molecule has 0 aliphatic carbocycles. The molecule has 0 aliphatic heterocycles. The number of rotatable bonds is 2. The van der Waals surface area contributed by atoms with E-state index in [1.165, 1.54) is 12.1 Å². The van der Waals surface area contributed by atoms with Crippen LogP contribution in [0.3, 0.4) is 0 Å². The second kappa shape index (κ2) is 5.61. The standard InChI is InChI=1S/C14H9ClF5N/c15-7-4-5-8(11(16)6-7)13(21)9-2-1-3-10(12(9)17)14(18,19)20/h1-6,13H,21H2. The van der Waals surface area contributed by atoms with E-state index in [0.717, 1.165) is 18.2 Å². The molecule has 0 bridgehead atoms. The maximum atomic E-state index is 14.0. The Morgan fingerprint density at radius 2 is 1.67 bits per heavy atom. The summed E-state index contributed by atoms with van der Waals surface area (Å²) < 4.78 is 65.7. The van der Waals surface area contributed by atoms with E-state index in [0.29, 0.717) is 6.07 Å². The van der Waals surface area contributed by atoms with Gasteiger partial charge in [-0.2, -0.15) is 13.2 Å². The van der Waals surface area contributed by atoms with E-state index in [9.17, 15) is 22.0 Å². The Morgan fingerprint density at radius 3 is 2.24 bits per heavy atom. The molecule has 0 radical (unpaired) electrons. The highest BCUT2D eigenvalue weighted by Gasteiger charge is 2.35. The lowest BCUT2D eigenvalue weighted by atomic mass is 9.96. The van der Waals surface area contributed by atoms with Gasteiger partial charge in [0.15, 0.2) is 0 Å². The molecule has 0 saturated heterocycles. The van der Waals surface area contributed by atoms with Crippen molar-refractivity contribution < 1.29 is 22.0 Å². The Kier molecular flexibility index (Phi) is 4.20. The largest absolute Gasteiger partial charge is 0.419 e.